The van der Waals surface area contributed by atoms with Crippen LogP contribution >= 0.6 is 15.9 Å². The molecule has 1 aromatic rings. The van der Waals surface area contributed by atoms with E-state index in [-0.39, 0.29) is 5.91 Å². The molecule has 1 saturated carbocycles. The zero-order chi connectivity index (χ0) is 12.3. The van der Waals surface area contributed by atoms with E-state index in [1.54, 1.807) is 4.90 Å². The lowest BCUT2D eigenvalue weighted by atomic mass is 10.2. The Hall–Kier alpha value is -1.27. The van der Waals surface area contributed by atoms with Crippen LogP contribution in [0.25, 0.3) is 0 Å². The van der Waals surface area contributed by atoms with Crippen molar-refractivity contribution >= 4 is 21.8 Å². The van der Waals surface area contributed by atoms with Gasteiger partial charge in [0.1, 0.15) is 0 Å². The van der Waals surface area contributed by atoms with Crippen molar-refractivity contribution in [2.24, 2.45) is 5.92 Å². The normalized spacial score (nSPS) is 14.1. The highest BCUT2D eigenvalue weighted by molar-refractivity contribution is 9.10. The Balaban J connectivity index is 2.09. The van der Waals surface area contributed by atoms with Gasteiger partial charge in [-0.25, -0.2) is 0 Å². The average Bonchev–Trinajstić information content (AvgIpc) is 3.13. The summed E-state index contributed by atoms with van der Waals surface area (Å²) in [5, 5.41) is 0. The van der Waals surface area contributed by atoms with Crippen LogP contribution in [-0.2, 0) is 0 Å². The first-order valence-electron chi connectivity index (χ1n) is 5.69. The number of hydrogen-bond acceptors (Lipinski definition) is 1. The van der Waals surface area contributed by atoms with E-state index in [2.05, 4.69) is 21.9 Å². The molecule has 0 spiro atoms. The predicted molar refractivity (Wildman–Crippen MR) is 71.6 cm³/mol. The maximum Gasteiger partial charge on any atom is 0.254 e. The minimum Gasteiger partial charge on any atom is -0.327 e. The highest BCUT2D eigenvalue weighted by atomic mass is 79.9. The van der Waals surface area contributed by atoms with Crippen molar-refractivity contribution in [3.8, 4) is 12.3 Å². The van der Waals surface area contributed by atoms with E-state index in [1.165, 1.54) is 12.8 Å². The third-order valence-electron chi connectivity index (χ3n) is 2.84. The van der Waals surface area contributed by atoms with Crippen LogP contribution in [-0.4, -0.2) is 23.9 Å². The fraction of sp³-hybridized carbons (Fsp3) is 0.357. The zero-order valence-corrected chi connectivity index (χ0v) is 11.1. The van der Waals surface area contributed by atoms with Gasteiger partial charge in [0, 0.05) is 16.6 Å². The summed E-state index contributed by atoms with van der Waals surface area (Å²) in [6.45, 7) is 1.19. The number of amides is 1. The van der Waals surface area contributed by atoms with Gasteiger partial charge >= 0.3 is 0 Å². The molecule has 0 heterocycles. The SMILES string of the molecule is C#CCN(CC1CC1)C(=O)c1ccc(Br)cc1. The van der Waals surface area contributed by atoms with Crippen molar-refractivity contribution in [2.45, 2.75) is 12.8 Å². The van der Waals surface area contributed by atoms with E-state index in [0.29, 0.717) is 18.0 Å². The largest absolute Gasteiger partial charge is 0.327 e. The molecule has 3 heteroatoms. The first-order chi connectivity index (χ1) is 8.20. The second-order valence-electron chi connectivity index (χ2n) is 4.34. The molecule has 0 aromatic heterocycles. The number of rotatable bonds is 4. The number of halogens is 1. The first-order valence-corrected chi connectivity index (χ1v) is 6.48. The number of terminal acetylenes is 1. The van der Waals surface area contributed by atoms with Gasteiger partial charge in [-0.05, 0) is 43.0 Å². The highest BCUT2D eigenvalue weighted by Gasteiger charge is 2.26. The van der Waals surface area contributed by atoms with Gasteiger partial charge in [0.2, 0.25) is 0 Å². The summed E-state index contributed by atoms with van der Waals surface area (Å²) in [5.74, 6) is 3.24. The second-order valence-corrected chi connectivity index (χ2v) is 5.26. The lowest BCUT2D eigenvalue weighted by Crippen LogP contribution is -2.33. The van der Waals surface area contributed by atoms with Crippen molar-refractivity contribution in [1.29, 1.82) is 0 Å². The van der Waals surface area contributed by atoms with Crippen LogP contribution in [0.5, 0.6) is 0 Å². The molecule has 1 amide bonds. The van der Waals surface area contributed by atoms with Crippen LogP contribution in [0.3, 0.4) is 0 Å². The molecule has 2 rings (SSSR count). The third-order valence-corrected chi connectivity index (χ3v) is 3.36. The molecular weight excluding hydrogens is 278 g/mol. The van der Waals surface area contributed by atoms with Crippen molar-refractivity contribution in [3.63, 3.8) is 0 Å². The Morgan fingerprint density at radius 2 is 2.06 bits per heavy atom. The van der Waals surface area contributed by atoms with E-state index in [1.807, 2.05) is 24.3 Å². The molecule has 1 aliphatic rings. The van der Waals surface area contributed by atoms with Crippen LogP contribution in [0, 0.1) is 18.3 Å². The molecule has 0 atom stereocenters. The Kier molecular flexibility index (Phi) is 3.86. The molecule has 0 bridgehead atoms. The van der Waals surface area contributed by atoms with Gasteiger partial charge in [-0.15, -0.1) is 6.42 Å². The Morgan fingerprint density at radius 1 is 1.41 bits per heavy atom. The van der Waals surface area contributed by atoms with Gasteiger partial charge in [-0.3, -0.25) is 4.79 Å². The smallest absolute Gasteiger partial charge is 0.254 e. The summed E-state index contributed by atoms with van der Waals surface area (Å²) in [6.07, 6.45) is 7.75. The molecule has 1 aromatic carbocycles. The molecule has 2 nitrogen and oxygen atoms in total. The molecule has 0 saturated heterocycles. The van der Waals surface area contributed by atoms with Crippen LogP contribution in [0.2, 0.25) is 0 Å². The number of nitrogens with zero attached hydrogens (tertiary/aromatic N) is 1. The van der Waals surface area contributed by atoms with Gasteiger partial charge < -0.3 is 4.90 Å². The van der Waals surface area contributed by atoms with Crippen LogP contribution in [0.1, 0.15) is 23.2 Å². The number of carbonyl (C=O) groups excluding carboxylic acids is 1. The summed E-state index contributed by atoms with van der Waals surface area (Å²) in [6, 6.07) is 7.39. The molecule has 17 heavy (non-hydrogen) atoms. The number of hydrogen-bond donors (Lipinski definition) is 0. The molecule has 0 unspecified atom stereocenters. The van der Waals surface area contributed by atoms with Gasteiger partial charge in [-0.2, -0.15) is 0 Å². The Morgan fingerprint density at radius 3 is 2.59 bits per heavy atom. The van der Waals surface area contributed by atoms with Crippen molar-refractivity contribution < 1.29 is 4.79 Å². The number of benzene rings is 1. The zero-order valence-electron chi connectivity index (χ0n) is 9.53. The fourth-order valence-electron chi connectivity index (χ4n) is 1.72. The van der Waals surface area contributed by atoms with E-state index < -0.39 is 0 Å². The molecular formula is C14H14BrNO. The van der Waals surface area contributed by atoms with E-state index in [4.69, 9.17) is 6.42 Å². The fourth-order valence-corrected chi connectivity index (χ4v) is 1.98. The summed E-state index contributed by atoms with van der Waals surface area (Å²) >= 11 is 3.36. The van der Waals surface area contributed by atoms with Crippen molar-refractivity contribution in [3.05, 3.63) is 34.3 Å². The molecule has 0 aliphatic heterocycles. The molecule has 0 radical (unpaired) electrons. The van der Waals surface area contributed by atoms with Crippen LogP contribution < -0.4 is 0 Å². The standard InChI is InChI=1S/C14H14BrNO/c1-2-9-16(10-11-3-4-11)14(17)12-5-7-13(15)8-6-12/h1,5-8,11H,3-4,9-10H2. The van der Waals surface area contributed by atoms with E-state index in [0.717, 1.165) is 11.0 Å². The summed E-state index contributed by atoms with van der Waals surface area (Å²) in [4.78, 5) is 14.0. The highest BCUT2D eigenvalue weighted by Crippen LogP contribution is 2.30. The lowest BCUT2D eigenvalue weighted by Gasteiger charge is -2.20. The summed E-state index contributed by atoms with van der Waals surface area (Å²) in [5.41, 5.74) is 0.698. The monoisotopic (exact) mass is 291 g/mol. The van der Waals surface area contributed by atoms with Crippen LogP contribution in [0.4, 0.5) is 0 Å². The lowest BCUT2D eigenvalue weighted by molar-refractivity contribution is 0.0770. The van der Waals surface area contributed by atoms with Crippen molar-refractivity contribution in [2.75, 3.05) is 13.1 Å². The Labute approximate surface area is 110 Å². The van der Waals surface area contributed by atoms with Gasteiger partial charge in [0.25, 0.3) is 5.91 Å². The number of carbonyl (C=O) groups is 1. The van der Waals surface area contributed by atoms with Gasteiger partial charge in [0.05, 0.1) is 6.54 Å². The van der Waals surface area contributed by atoms with Crippen LogP contribution in [0.15, 0.2) is 28.7 Å². The van der Waals surface area contributed by atoms with Gasteiger partial charge in [0.15, 0.2) is 0 Å². The van der Waals surface area contributed by atoms with Gasteiger partial charge in [-0.1, -0.05) is 21.9 Å². The quantitative estimate of drug-likeness (QED) is 0.781. The average molecular weight is 292 g/mol. The maximum atomic E-state index is 12.2. The second kappa shape index (κ2) is 5.37. The minimum atomic E-state index is 0.0300. The Bertz CT molecular complexity index is 442. The summed E-state index contributed by atoms with van der Waals surface area (Å²) < 4.78 is 0.972. The van der Waals surface area contributed by atoms with E-state index >= 15 is 0 Å². The maximum absolute atomic E-state index is 12.2. The molecule has 88 valence electrons. The van der Waals surface area contributed by atoms with Crippen molar-refractivity contribution in [1.82, 2.24) is 4.90 Å². The molecule has 1 aliphatic carbocycles. The minimum absolute atomic E-state index is 0.0300. The predicted octanol–water partition coefficient (Wildman–Crippen LogP) is 2.93. The molecule has 1 fully saturated rings. The first kappa shape index (κ1) is 12.2. The molecule has 0 N–H and O–H groups in total. The van der Waals surface area contributed by atoms with E-state index in [9.17, 15) is 4.79 Å². The third kappa shape index (κ3) is 3.34. The topological polar surface area (TPSA) is 20.3 Å². The summed E-state index contributed by atoms with van der Waals surface area (Å²) in [7, 11) is 0.